The zero-order valence-electron chi connectivity index (χ0n) is 11.9. The summed E-state index contributed by atoms with van der Waals surface area (Å²) in [6.07, 6.45) is 0.612. The Balaban J connectivity index is 2.69. The third-order valence-electron chi connectivity index (χ3n) is 3.24. The second-order valence-corrected chi connectivity index (χ2v) is 4.87. The fourth-order valence-corrected chi connectivity index (χ4v) is 2.36. The molecule has 4 N–H and O–H groups in total. The number of carboxylic acid groups (broad SMARTS) is 2. The number of phenolic OH excluding ortho intramolecular Hbond substituents is 2. The fourth-order valence-electron chi connectivity index (χ4n) is 2.36. The molecule has 6 nitrogen and oxygen atoms in total. The molecule has 0 spiro atoms. The molecule has 0 aromatic heterocycles. The van der Waals surface area contributed by atoms with E-state index in [1.54, 1.807) is 12.1 Å². The van der Waals surface area contributed by atoms with E-state index in [-0.39, 0.29) is 17.1 Å². The predicted molar refractivity (Wildman–Crippen MR) is 81.4 cm³/mol. The molecule has 2 aromatic rings. The van der Waals surface area contributed by atoms with Crippen LogP contribution in [-0.2, 0) is 9.59 Å². The molecule has 2 aromatic carbocycles. The van der Waals surface area contributed by atoms with E-state index in [1.165, 1.54) is 36.4 Å². The van der Waals surface area contributed by atoms with Crippen molar-refractivity contribution < 1.29 is 30.0 Å². The van der Waals surface area contributed by atoms with Crippen molar-refractivity contribution in [3.05, 3.63) is 71.3 Å². The second-order valence-electron chi connectivity index (χ2n) is 4.87. The lowest BCUT2D eigenvalue weighted by Gasteiger charge is -2.19. The van der Waals surface area contributed by atoms with Crippen LogP contribution >= 0.6 is 0 Å². The highest BCUT2D eigenvalue weighted by Gasteiger charge is 2.26. The van der Waals surface area contributed by atoms with E-state index in [1.807, 2.05) is 0 Å². The lowest BCUT2D eigenvalue weighted by atomic mass is 9.84. The number of carboxylic acids is 2. The zero-order chi connectivity index (χ0) is 17.0. The van der Waals surface area contributed by atoms with Crippen molar-refractivity contribution in [2.24, 2.45) is 0 Å². The summed E-state index contributed by atoms with van der Waals surface area (Å²) in [6.45, 7) is 0. The minimum atomic E-state index is -1.40. The van der Waals surface area contributed by atoms with E-state index < -0.39 is 17.9 Å². The first-order valence-electron chi connectivity index (χ1n) is 6.64. The van der Waals surface area contributed by atoms with Gasteiger partial charge in [0.2, 0.25) is 0 Å². The highest BCUT2D eigenvalue weighted by molar-refractivity contribution is 5.96. The molecule has 23 heavy (non-hydrogen) atoms. The Morgan fingerprint density at radius 1 is 0.870 bits per heavy atom. The lowest BCUT2D eigenvalue weighted by Crippen LogP contribution is -2.14. The van der Waals surface area contributed by atoms with Crippen LogP contribution in [0.2, 0.25) is 0 Å². The first kappa shape index (κ1) is 16.1. The van der Waals surface area contributed by atoms with Gasteiger partial charge in [0, 0.05) is 12.0 Å². The number of rotatable bonds is 5. The summed E-state index contributed by atoms with van der Waals surface area (Å²) in [5.74, 6) is -3.90. The van der Waals surface area contributed by atoms with Crippen LogP contribution in [0.5, 0.6) is 11.5 Å². The molecule has 0 atom stereocenters. The summed E-state index contributed by atoms with van der Waals surface area (Å²) >= 11 is 0. The van der Waals surface area contributed by atoms with E-state index in [0.29, 0.717) is 17.2 Å². The quantitative estimate of drug-likeness (QED) is 0.630. The highest BCUT2D eigenvalue weighted by Crippen LogP contribution is 2.34. The maximum Gasteiger partial charge on any atom is 0.332 e. The Morgan fingerprint density at radius 3 is 1.70 bits per heavy atom. The Kier molecular flexibility index (Phi) is 4.66. The molecule has 0 aliphatic carbocycles. The molecule has 0 saturated carbocycles. The van der Waals surface area contributed by atoms with Crippen molar-refractivity contribution >= 4 is 11.9 Å². The molecule has 0 radical (unpaired) electrons. The van der Waals surface area contributed by atoms with Crippen LogP contribution in [0.3, 0.4) is 0 Å². The third-order valence-corrected chi connectivity index (χ3v) is 3.24. The first-order valence-corrected chi connectivity index (χ1v) is 6.64. The van der Waals surface area contributed by atoms with Gasteiger partial charge in [-0.25, -0.2) is 9.59 Å². The molecule has 0 fully saturated rings. The van der Waals surface area contributed by atoms with E-state index >= 15 is 0 Å². The SMILES string of the molecule is O=C(O)C=C(C(=O)O)C(c1cccc(O)c1)c1cccc(O)c1. The molecular weight excluding hydrogens is 300 g/mol. The van der Waals surface area contributed by atoms with Crippen molar-refractivity contribution in [3.63, 3.8) is 0 Å². The molecule has 0 amide bonds. The average molecular weight is 314 g/mol. The van der Waals surface area contributed by atoms with Crippen LogP contribution in [0.1, 0.15) is 17.0 Å². The number of hydrogen-bond acceptors (Lipinski definition) is 4. The maximum atomic E-state index is 11.5. The summed E-state index contributed by atoms with van der Waals surface area (Å²) in [5, 5.41) is 37.6. The molecule has 0 aliphatic heterocycles. The van der Waals surface area contributed by atoms with Gasteiger partial charge in [-0.2, -0.15) is 0 Å². The standard InChI is InChI=1S/C17H14O6/c18-12-5-1-3-10(7-12)16(11-4-2-6-13(19)8-11)14(17(22)23)9-15(20)21/h1-9,16,18-19H,(H,20,21)(H,22,23). The average Bonchev–Trinajstić information content (AvgIpc) is 2.46. The van der Waals surface area contributed by atoms with Crippen molar-refractivity contribution in [2.75, 3.05) is 0 Å². The summed E-state index contributed by atoms with van der Waals surface area (Å²) in [5.41, 5.74) is 0.407. The van der Waals surface area contributed by atoms with Gasteiger partial charge in [0.1, 0.15) is 11.5 Å². The topological polar surface area (TPSA) is 115 Å². The second kappa shape index (κ2) is 6.65. The minimum absolute atomic E-state index is 0.0762. The predicted octanol–water partition coefficient (Wildman–Crippen LogP) is 2.33. The van der Waals surface area contributed by atoms with Gasteiger partial charge in [-0.3, -0.25) is 0 Å². The Labute approximate surface area is 131 Å². The minimum Gasteiger partial charge on any atom is -0.508 e. The van der Waals surface area contributed by atoms with Gasteiger partial charge in [0.25, 0.3) is 0 Å². The smallest absolute Gasteiger partial charge is 0.332 e. The van der Waals surface area contributed by atoms with Gasteiger partial charge < -0.3 is 20.4 Å². The van der Waals surface area contributed by atoms with E-state index in [2.05, 4.69) is 0 Å². The van der Waals surface area contributed by atoms with Crippen LogP contribution in [0.4, 0.5) is 0 Å². The van der Waals surface area contributed by atoms with Gasteiger partial charge in [0.05, 0.1) is 5.57 Å². The number of phenols is 2. The van der Waals surface area contributed by atoms with Gasteiger partial charge in [0.15, 0.2) is 0 Å². The van der Waals surface area contributed by atoms with Crippen LogP contribution < -0.4 is 0 Å². The molecule has 2 rings (SSSR count). The van der Waals surface area contributed by atoms with Crippen molar-refractivity contribution in [1.82, 2.24) is 0 Å². The summed E-state index contributed by atoms with van der Waals surface area (Å²) in [7, 11) is 0. The lowest BCUT2D eigenvalue weighted by molar-refractivity contribution is -0.135. The molecule has 0 saturated heterocycles. The monoisotopic (exact) mass is 314 g/mol. The summed E-state index contributed by atoms with van der Waals surface area (Å²) in [6, 6.07) is 11.8. The zero-order valence-corrected chi connectivity index (χ0v) is 11.9. The summed E-state index contributed by atoms with van der Waals surface area (Å²) < 4.78 is 0. The Hall–Kier alpha value is -3.28. The van der Waals surface area contributed by atoms with E-state index in [4.69, 9.17) is 5.11 Å². The van der Waals surface area contributed by atoms with Crippen molar-refractivity contribution in [2.45, 2.75) is 5.92 Å². The van der Waals surface area contributed by atoms with Crippen LogP contribution in [0, 0.1) is 0 Å². The molecule has 0 unspecified atom stereocenters. The normalized spacial score (nSPS) is 11.4. The molecule has 118 valence electrons. The highest BCUT2D eigenvalue weighted by atomic mass is 16.4. The molecule has 0 heterocycles. The summed E-state index contributed by atoms with van der Waals surface area (Å²) in [4.78, 5) is 22.5. The largest absolute Gasteiger partial charge is 0.508 e. The molecule has 0 aliphatic rings. The first-order chi connectivity index (χ1) is 10.9. The number of carbonyl (C=O) groups is 2. The van der Waals surface area contributed by atoms with Gasteiger partial charge in [-0.1, -0.05) is 24.3 Å². The number of benzene rings is 2. The molecule has 0 bridgehead atoms. The fraction of sp³-hybridized carbons (Fsp3) is 0.0588. The van der Waals surface area contributed by atoms with Crippen LogP contribution in [-0.4, -0.2) is 32.4 Å². The van der Waals surface area contributed by atoms with Crippen LogP contribution in [0.15, 0.2) is 60.2 Å². The number of aromatic hydroxyl groups is 2. The van der Waals surface area contributed by atoms with E-state index in [0.717, 1.165) is 0 Å². The van der Waals surface area contributed by atoms with E-state index in [9.17, 15) is 24.9 Å². The Morgan fingerprint density at radius 2 is 1.35 bits per heavy atom. The molecule has 6 heteroatoms. The number of hydrogen-bond donors (Lipinski definition) is 4. The van der Waals surface area contributed by atoms with Crippen LogP contribution in [0.25, 0.3) is 0 Å². The molecular formula is C17H14O6. The van der Waals surface area contributed by atoms with Gasteiger partial charge >= 0.3 is 11.9 Å². The van der Waals surface area contributed by atoms with Gasteiger partial charge in [-0.05, 0) is 35.4 Å². The Bertz CT molecular complexity index is 733. The third kappa shape index (κ3) is 3.88. The number of aliphatic carboxylic acids is 2. The van der Waals surface area contributed by atoms with Crippen molar-refractivity contribution in [3.8, 4) is 11.5 Å². The van der Waals surface area contributed by atoms with Gasteiger partial charge in [-0.15, -0.1) is 0 Å². The van der Waals surface area contributed by atoms with Crippen molar-refractivity contribution in [1.29, 1.82) is 0 Å². The maximum absolute atomic E-state index is 11.5.